The summed E-state index contributed by atoms with van der Waals surface area (Å²) >= 11 is 0. The Balaban J connectivity index is 0.00000196. The highest BCUT2D eigenvalue weighted by atomic mass is 35.5. The van der Waals surface area contributed by atoms with Crippen LogP contribution in [0.2, 0.25) is 0 Å². The van der Waals surface area contributed by atoms with Crippen LogP contribution in [0.4, 0.5) is 0 Å². The van der Waals surface area contributed by atoms with Crippen molar-refractivity contribution in [3.8, 4) is 0 Å². The van der Waals surface area contributed by atoms with E-state index in [4.69, 9.17) is 14.2 Å². The maximum atomic E-state index is 12.6. The molecule has 3 aliphatic rings. The fourth-order valence-corrected chi connectivity index (χ4v) is 4.19. The quantitative estimate of drug-likeness (QED) is 0.364. The fourth-order valence-electron chi connectivity index (χ4n) is 4.19. The molecule has 0 aromatic rings. The molecule has 0 spiro atoms. The summed E-state index contributed by atoms with van der Waals surface area (Å²) in [5.41, 5.74) is 0. The standard InChI is InChI=1S/C17H30N2O7.2ClH/c1-4-5-6-8-7-9(20)17(23)16(24-8)25-15-13(22)10(18-2)12(21)11(19-3)14(15)26-17;;/h8,10-16,18-19,21-23H,4-7H2,1-3H3;2*1H/t8?,10-,11+,12+,13+,14-,15-,16+,17+;;/m1../s1. The number of carbonyl (C=O) groups is 1. The van der Waals surface area contributed by atoms with E-state index in [1.165, 1.54) is 0 Å². The zero-order valence-electron chi connectivity index (χ0n) is 16.2. The van der Waals surface area contributed by atoms with Gasteiger partial charge in [-0.2, -0.15) is 0 Å². The normalized spacial score (nSPS) is 45.3. The molecule has 166 valence electrons. The Morgan fingerprint density at radius 2 is 1.71 bits per heavy atom. The topological polar surface area (TPSA) is 130 Å². The molecule has 1 unspecified atom stereocenters. The lowest BCUT2D eigenvalue weighted by Crippen LogP contribution is -2.77. The molecular formula is C17H32Cl2N2O7. The monoisotopic (exact) mass is 446 g/mol. The first-order valence-corrected chi connectivity index (χ1v) is 9.32. The van der Waals surface area contributed by atoms with Gasteiger partial charge in [0.05, 0.1) is 24.3 Å². The van der Waals surface area contributed by atoms with Gasteiger partial charge >= 0.3 is 0 Å². The molecule has 0 aromatic carbocycles. The molecule has 0 amide bonds. The summed E-state index contributed by atoms with van der Waals surface area (Å²) in [5, 5.41) is 37.8. The highest BCUT2D eigenvalue weighted by Crippen LogP contribution is 2.40. The van der Waals surface area contributed by atoms with E-state index in [1.807, 2.05) is 6.92 Å². The summed E-state index contributed by atoms with van der Waals surface area (Å²) in [6.45, 7) is 2.05. The van der Waals surface area contributed by atoms with Crippen molar-refractivity contribution in [2.45, 2.75) is 87.3 Å². The average molecular weight is 447 g/mol. The molecule has 9 nitrogen and oxygen atoms in total. The van der Waals surface area contributed by atoms with Crippen LogP contribution >= 0.6 is 24.8 Å². The Morgan fingerprint density at radius 1 is 1.07 bits per heavy atom. The number of fused-ring (bicyclic) bond motifs is 2. The average Bonchev–Trinajstić information content (AvgIpc) is 2.61. The van der Waals surface area contributed by atoms with Crippen molar-refractivity contribution >= 4 is 30.6 Å². The van der Waals surface area contributed by atoms with Crippen molar-refractivity contribution in [2.24, 2.45) is 0 Å². The van der Waals surface area contributed by atoms with Gasteiger partial charge in [-0.3, -0.25) is 4.79 Å². The number of halogens is 2. The maximum Gasteiger partial charge on any atom is 0.280 e. The van der Waals surface area contributed by atoms with E-state index in [9.17, 15) is 20.1 Å². The Labute approximate surface area is 177 Å². The lowest BCUT2D eigenvalue weighted by Gasteiger charge is -2.55. The van der Waals surface area contributed by atoms with Gasteiger partial charge in [0.1, 0.15) is 18.3 Å². The minimum Gasteiger partial charge on any atom is -0.390 e. The van der Waals surface area contributed by atoms with Crippen molar-refractivity contribution in [3.05, 3.63) is 0 Å². The zero-order chi connectivity index (χ0) is 19.1. The van der Waals surface area contributed by atoms with Crippen LogP contribution in [-0.2, 0) is 19.0 Å². The molecule has 1 saturated carbocycles. The molecule has 1 aliphatic carbocycles. The van der Waals surface area contributed by atoms with Crippen LogP contribution in [0.15, 0.2) is 0 Å². The van der Waals surface area contributed by atoms with Gasteiger partial charge in [0, 0.05) is 6.42 Å². The van der Waals surface area contributed by atoms with Gasteiger partial charge in [-0.25, -0.2) is 0 Å². The SMILES string of the molecule is CCCCC1CC(=O)[C@]2(O)O[C@@H]3[C@@H](NC)[C@@H](O)[C@@H](NC)[C@H](O)[C@H]3O[C@@H]2O1.Cl.Cl. The second kappa shape index (κ2) is 10.3. The van der Waals surface area contributed by atoms with Gasteiger partial charge in [0.25, 0.3) is 5.79 Å². The lowest BCUT2D eigenvalue weighted by atomic mass is 9.80. The summed E-state index contributed by atoms with van der Waals surface area (Å²) in [7, 11) is 3.26. The van der Waals surface area contributed by atoms with Gasteiger partial charge in [0.2, 0.25) is 6.29 Å². The van der Waals surface area contributed by atoms with Crippen LogP contribution in [0.25, 0.3) is 0 Å². The third-order valence-electron chi connectivity index (χ3n) is 5.71. The van der Waals surface area contributed by atoms with Gasteiger partial charge in [-0.1, -0.05) is 19.8 Å². The van der Waals surface area contributed by atoms with E-state index >= 15 is 0 Å². The Morgan fingerprint density at radius 3 is 2.29 bits per heavy atom. The van der Waals surface area contributed by atoms with E-state index in [2.05, 4.69) is 10.6 Å². The number of aliphatic hydroxyl groups is 3. The summed E-state index contributed by atoms with van der Waals surface area (Å²) in [4.78, 5) is 12.6. The van der Waals surface area contributed by atoms with Crippen LogP contribution in [0.5, 0.6) is 0 Å². The zero-order valence-corrected chi connectivity index (χ0v) is 17.9. The summed E-state index contributed by atoms with van der Waals surface area (Å²) in [6, 6.07) is -1.30. The number of hydrogen-bond acceptors (Lipinski definition) is 9. The number of unbranched alkanes of at least 4 members (excludes halogenated alkanes) is 1. The molecule has 0 radical (unpaired) electrons. The van der Waals surface area contributed by atoms with Gasteiger partial charge in [0.15, 0.2) is 5.78 Å². The summed E-state index contributed by atoms with van der Waals surface area (Å²) in [6.07, 6.45) is -2.92. The van der Waals surface area contributed by atoms with Crippen LogP contribution < -0.4 is 10.6 Å². The second-order valence-electron chi connectivity index (χ2n) is 7.35. The molecule has 5 N–H and O–H groups in total. The minimum absolute atomic E-state index is 0. The summed E-state index contributed by atoms with van der Waals surface area (Å²) in [5.74, 6) is -2.73. The first kappa shape index (κ1) is 26.0. The molecule has 11 heteroatoms. The number of hydrogen-bond donors (Lipinski definition) is 5. The maximum absolute atomic E-state index is 12.6. The van der Waals surface area contributed by atoms with Crippen LogP contribution in [-0.4, -0.2) is 89.9 Å². The number of aliphatic hydroxyl groups excluding tert-OH is 2. The number of likely N-dealkylation sites (N-methyl/N-ethyl adjacent to an activating group) is 2. The number of rotatable bonds is 5. The molecule has 9 atom stereocenters. The molecule has 2 aliphatic heterocycles. The number of ketones is 1. The van der Waals surface area contributed by atoms with Gasteiger partial charge in [-0.05, 0) is 20.5 Å². The van der Waals surface area contributed by atoms with E-state index in [0.29, 0.717) is 6.42 Å². The molecule has 3 fully saturated rings. The highest BCUT2D eigenvalue weighted by molar-refractivity contribution is 5.87. The van der Waals surface area contributed by atoms with E-state index in [0.717, 1.165) is 12.8 Å². The predicted octanol–water partition coefficient (Wildman–Crippen LogP) is -0.912. The van der Waals surface area contributed by atoms with Crippen LogP contribution in [0.1, 0.15) is 32.6 Å². The molecule has 0 aromatic heterocycles. The third kappa shape index (κ3) is 4.34. The van der Waals surface area contributed by atoms with Crippen molar-refractivity contribution in [1.82, 2.24) is 10.6 Å². The molecule has 0 bridgehead atoms. The minimum atomic E-state index is -2.23. The lowest BCUT2D eigenvalue weighted by molar-refractivity contribution is -0.421. The second-order valence-corrected chi connectivity index (χ2v) is 7.35. The Kier molecular flexibility index (Phi) is 9.55. The smallest absolute Gasteiger partial charge is 0.280 e. The van der Waals surface area contributed by atoms with E-state index < -0.39 is 54.4 Å². The van der Waals surface area contributed by atoms with Crippen molar-refractivity contribution in [1.29, 1.82) is 0 Å². The van der Waals surface area contributed by atoms with Gasteiger partial charge < -0.3 is 40.2 Å². The molecule has 2 heterocycles. The van der Waals surface area contributed by atoms with E-state index in [-0.39, 0.29) is 37.3 Å². The Bertz CT molecular complexity index is 532. The molecule has 2 saturated heterocycles. The molecule has 3 rings (SSSR count). The van der Waals surface area contributed by atoms with Gasteiger partial charge in [-0.15, -0.1) is 24.8 Å². The number of Topliss-reactive ketones (excluding diaryl/α,β-unsaturated/α-hetero) is 1. The Hall–Kier alpha value is -0.0700. The number of ether oxygens (including phenoxy) is 3. The number of nitrogens with one attached hydrogen (secondary N) is 2. The van der Waals surface area contributed by atoms with E-state index in [1.54, 1.807) is 14.1 Å². The van der Waals surface area contributed by atoms with Crippen molar-refractivity contribution < 1.29 is 34.3 Å². The van der Waals surface area contributed by atoms with Crippen molar-refractivity contribution in [2.75, 3.05) is 14.1 Å². The third-order valence-corrected chi connectivity index (χ3v) is 5.71. The molecule has 28 heavy (non-hydrogen) atoms. The van der Waals surface area contributed by atoms with Crippen molar-refractivity contribution in [3.63, 3.8) is 0 Å². The highest BCUT2D eigenvalue weighted by Gasteiger charge is 2.63. The predicted molar refractivity (Wildman–Crippen MR) is 105 cm³/mol. The fraction of sp³-hybridized carbons (Fsp3) is 0.941. The molecular weight excluding hydrogens is 415 g/mol. The van der Waals surface area contributed by atoms with Crippen LogP contribution in [0, 0.1) is 0 Å². The van der Waals surface area contributed by atoms with Crippen LogP contribution in [0.3, 0.4) is 0 Å². The largest absolute Gasteiger partial charge is 0.390 e. The number of carbonyl (C=O) groups excluding carboxylic acids is 1. The first-order chi connectivity index (χ1) is 12.4. The summed E-state index contributed by atoms with van der Waals surface area (Å²) < 4.78 is 17.4. The first-order valence-electron chi connectivity index (χ1n) is 9.32.